The van der Waals surface area contributed by atoms with Gasteiger partial charge in [0.2, 0.25) is 5.91 Å². The van der Waals surface area contributed by atoms with Crippen molar-refractivity contribution in [3.8, 4) is 0 Å². The van der Waals surface area contributed by atoms with Crippen LogP contribution in [0.4, 0.5) is 21.9 Å². The summed E-state index contributed by atoms with van der Waals surface area (Å²) in [4.78, 5) is 45.1. The number of carbonyl (C=O) groups is 3. The molecule has 0 unspecified atom stereocenters. The van der Waals surface area contributed by atoms with Crippen LogP contribution in [0, 0.1) is 12.8 Å². The number of urea groups is 1. The molecule has 2 aliphatic rings. The molecule has 1 saturated heterocycles. The Morgan fingerprint density at radius 3 is 2.21 bits per heavy atom. The van der Waals surface area contributed by atoms with Crippen LogP contribution in [0.25, 0.3) is 0 Å². The molecule has 0 radical (unpaired) electrons. The molecule has 1 aliphatic carbocycles. The molecule has 8 nitrogen and oxygen atoms in total. The second-order valence-electron chi connectivity index (χ2n) is 10.3. The highest BCUT2D eigenvalue weighted by molar-refractivity contribution is 6.02. The van der Waals surface area contributed by atoms with Crippen LogP contribution >= 0.6 is 0 Å². The number of aryl methyl sites for hydroxylation is 1. The summed E-state index contributed by atoms with van der Waals surface area (Å²) in [6.45, 7) is 9.74. The Hall–Kier alpha value is -3.55. The van der Waals surface area contributed by atoms with E-state index in [-0.39, 0.29) is 23.8 Å². The first kappa shape index (κ1) is 27.5. The maximum atomic E-state index is 13.6. The lowest BCUT2D eigenvalue weighted by atomic mass is 10.1. The lowest BCUT2D eigenvalue weighted by Gasteiger charge is -2.28. The van der Waals surface area contributed by atoms with Crippen LogP contribution in [0.15, 0.2) is 42.5 Å². The zero-order valence-corrected chi connectivity index (χ0v) is 23.0. The maximum Gasteiger partial charge on any atom is 0.321 e. The van der Waals surface area contributed by atoms with Crippen molar-refractivity contribution in [2.45, 2.75) is 52.9 Å². The van der Waals surface area contributed by atoms with E-state index >= 15 is 0 Å². The third-order valence-corrected chi connectivity index (χ3v) is 7.70. The summed E-state index contributed by atoms with van der Waals surface area (Å²) in [5, 5.41) is 6.05. The third-order valence-electron chi connectivity index (χ3n) is 7.70. The number of rotatable bonds is 7. The molecule has 38 heavy (non-hydrogen) atoms. The predicted molar refractivity (Wildman–Crippen MR) is 153 cm³/mol. The fourth-order valence-electron chi connectivity index (χ4n) is 5.38. The van der Waals surface area contributed by atoms with Crippen molar-refractivity contribution in [2.75, 3.05) is 54.8 Å². The minimum atomic E-state index is -0.111. The van der Waals surface area contributed by atoms with Gasteiger partial charge in [-0.25, -0.2) is 4.79 Å². The molecule has 2 fully saturated rings. The number of hydrogen-bond donors (Lipinski definition) is 2. The van der Waals surface area contributed by atoms with Gasteiger partial charge in [-0.3, -0.25) is 9.59 Å². The smallest absolute Gasteiger partial charge is 0.321 e. The van der Waals surface area contributed by atoms with Crippen LogP contribution in [0.3, 0.4) is 0 Å². The first-order chi connectivity index (χ1) is 18.4. The molecular formula is C30H41N5O3. The lowest BCUT2D eigenvalue weighted by molar-refractivity contribution is -0.119. The highest BCUT2D eigenvalue weighted by Gasteiger charge is 2.26. The number of anilines is 3. The summed E-state index contributed by atoms with van der Waals surface area (Å²) in [6.07, 6.45) is 4.84. The van der Waals surface area contributed by atoms with Gasteiger partial charge in [-0.15, -0.1) is 0 Å². The minimum absolute atomic E-state index is 0.0415. The molecule has 0 bridgehead atoms. The summed E-state index contributed by atoms with van der Waals surface area (Å²) < 4.78 is 0. The topological polar surface area (TPSA) is 85.0 Å². The van der Waals surface area contributed by atoms with Crippen molar-refractivity contribution in [3.63, 3.8) is 0 Å². The molecule has 1 aliphatic heterocycles. The Bertz CT molecular complexity index is 1120. The Labute approximate surface area is 226 Å². The fourth-order valence-corrected chi connectivity index (χ4v) is 5.38. The van der Waals surface area contributed by atoms with Crippen LogP contribution in [-0.2, 0) is 4.79 Å². The van der Waals surface area contributed by atoms with Gasteiger partial charge in [0.1, 0.15) is 0 Å². The largest absolute Gasteiger partial charge is 0.369 e. The molecule has 0 atom stereocenters. The van der Waals surface area contributed by atoms with Crippen LogP contribution in [-0.4, -0.2) is 66.9 Å². The van der Waals surface area contributed by atoms with Crippen LogP contribution in [0.2, 0.25) is 0 Å². The van der Waals surface area contributed by atoms with Crippen molar-refractivity contribution in [2.24, 2.45) is 5.92 Å². The van der Waals surface area contributed by atoms with Crippen molar-refractivity contribution < 1.29 is 14.4 Å². The summed E-state index contributed by atoms with van der Waals surface area (Å²) in [7, 11) is 0. The standard InChI is InChI=1S/C30H41N5O3/c1-4-33(5-2)29(37)26-21-25(31-28(36)23-9-6-7-10-23)15-16-27(26)34-17-8-18-35(20-19-34)30(38)32-24-13-11-22(3)12-14-24/h11-16,21,23H,4-10,17-20H2,1-3H3,(H,31,36)(H,32,38). The van der Waals surface area contributed by atoms with Gasteiger partial charge in [-0.2, -0.15) is 0 Å². The van der Waals surface area contributed by atoms with Gasteiger partial charge in [-0.1, -0.05) is 30.5 Å². The van der Waals surface area contributed by atoms with Gasteiger partial charge in [0.05, 0.1) is 5.56 Å². The first-order valence-corrected chi connectivity index (χ1v) is 14.0. The summed E-state index contributed by atoms with van der Waals surface area (Å²) in [5.74, 6) is 0.0564. The van der Waals surface area contributed by atoms with Crippen molar-refractivity contribution in [1.82, 2.24) is 9.80 Å². The Balaban J connectivity index is 1.50. The first-order valence-electron chi connectivity index (χ1n) is 14.0. The zero-order valence-electron chi connectivity index (χ0n) is 23.0. The zero-order chi connectivity index (χ0) is 27.1. The average Bonchev–Trinajstić information content (AvgIpc) is 3.36. The second-order valence-corrected chi connectivity index (χ2v) is 10.3. The minimum Gasteiger partial charge on any atom is -0.369 e. The molecule has 204 valence electrons. The van der Waals surface area contributed by atoms with E-state index in [4.69, 9.17) is 0 Å². The average molecular weight is 520 g/mol. The van der Waals surface area contributed by atoms with E-state index in [0.29, 0.717) is 44.0 Å². The molecule has 2 aromatic carbocycles. The van der Waals surface area contributed by atoms with Crippen molar-refractivity contribution in [3.05, 3.63) is 53.6 Å². The van der Waals surface area contributed by atoms with Crippen LogP contribution in [0.1, 0.15) is 61.9 Å². The van der Waals surface area contributed by atoms with E-state index in [0.717, 1.165) is 55.6 Å². The normalized spacial score (nSPS) is 16.2. The third kappa shape index (κ3) is 6.65. The Kier molecular flexibility index (Phi) is 9.26. The van der Waals surface area contributed by atoms with Gasteiger partial charge in [0, 0.05) is 62.2 Å². The molecule has 4 amide bonds. The van der Waals surface area contributed by atoms with Gasteiger partial charge in [0.25, 0.3) is 5.91 Å². The Morgan fingerprint density at radius 1 is 0.842 bits per heavy atom. The quantitative estimate of drug-likeness (QED) is 0.516. The predicted octanol–water partition coefficient (Wildman–Crippen LogP) is 5.35. The van der Waals surface area contributed by atoms with E-state index in [1.165, 1.54) is 0 Å². The highest BCUT2D eigenvalue weighted by atomic mass is 16.2. The molecular weight excluding hydrogens is 478 g/mol. The second kappa shape index (κ2) is 12.8. The summed E-state index contributed by atoms with van der Waals surface area (Å²) >= 11 is 0. The molecule has 1 heterocycles. The molecule has 8 heteroatoms. The summed E-state index contributed by atoms with van der Waals surface area (Å²) in [6, 6.07) is 13.3. The maximum absolute atomic E-state index is 13.6. The summed E-state index contributed by atoms with van der Waals surface area (Å²) in [5.41, 5.74) is 4.03. The van der Waals surface area contributed by atoms with E-state index in [9.17, 15) is 14.4 Å². The molecule has 4 rings (SSSR count). The van der Waals surface area contributed by atoms with E-state index in [2.05, 4.69) is 15.5 Å². The number of hydrogen-bond acceptors (Lipinski definition) is 4. The van der Waals surface area contributed by atoms with Gasteiger partial charge >= 0.3 is 6.03 Å². The monoisotopic (exact) mass is 519 g/mol. The highest BCUT2D eigenvalue weighted by Crippen LogP contribution is 2.30. The Morgan fingerprint density at radius 2 is 1.53 bits per heavy atom. The van der Waals surface area contributed by atoms with Crippen LogP contribution < -0.4 is 15.5 Å². The molecule has 2 aromatic rings. The number of nitrogens with one attached hydrogen (secondary N) is 2. The fraction of sp³-hybridized carbons (Fsp3) is 0.500. The van der Waals surface area contributed by atoms with Crippen molar-refractivity contribution in [1.29, 1.82) is 0 Å². The molecule has 2 N–H and O–H groups in total. The van der Waals surface area contributed by atoms with Crippen molar-refractivity contribution >= 4 is 34.9 Å². The van der Waals surface area contributed by atoms with E-state index in [1.807, 2.05) is 68.1 Å². The van der Waals surface area contributed by atoms with E-state index in [1.54, 1.807) is 4.90 Å². The van der Waals surface area contributed by atoms with Gasteiger partial charge < -0.3 is 25.3 Å². The van der Waals surface area contributed by atoms with Gasteiger partial charge in [-0.05, 0) is 70.4 Å². The molecule has 1 saturated carbocycles. The molecule has 0 spiro atoms. The SMILES string of the molecule is CCN(CC)C(=O)c1cc(NC(=O)C2CCCC2)ccc1N1CCCN(C(=O)Nc2ccc(C)cc2)CC1. The molecule has 0 aromatic heterocycles. The van der Waals surface area contributed by atoms with E-state index < -0.39 is 0 Å². The van der Waals surface area contributed by atoms with Gasteiger partial charge in [0.15, 0.2) is 0 Å². The number of benzene rings is 2. The lowest BCUT2D eigenvalue weighted by Crippen LogP contribution is -2.38. The number of nitrogens with zero attached hydrogens (tertiary/aromatic N) is 3. The number of amides is 4. The number of carbonyl (C=O) groups excluding carboxylic acids is 3. The van der Waals surface area contributed by atoms with Crippen LogP contribution in [0.5, 0.6) is 0 Å².